The zero-order valence-corrected chi connectivity index (χ0v) is 8.61. The minimum Gasteiger partial charge on any atom is -0.479 e. The van der Waals surface area contributed by atoms with Crippen LogP contribution in [0.25, 0.3) is 0 Å². The lowest BCUT2D eigenvalue weighted by atomic mass is 9.89. The first kappa shape index (κ1) is 9.97. The molecule has 80 valence electrons. The molecule has 0 aromatic rings. The number of hydrogen-bond donors (Lipinski definition) is 1. The SMILES string of the molecule is C[C@@H](OCC1CC2CCC1C2)C(=O)O. The van der Waals surface area contributed by atoms with E-state index in [2.05, 4.69) is 0 Å². The second kappa shape index (κ2) is 3.89. The highest BCUT2D eigenvalue weighted by atomic mass is 16.5. The highest BCUT2D eigenvalue weighted by molar-refractivity contribution is 5.71. The molecule has 3 unspecified atom stereocenters. The van der Waals surface area contributed by atoms with Crippen molar-refractivity contribution in [2.75, 3.05) is 6.61 Å². The Kier molecular flexibility index (Phi) is 2.77. The second-order valence-electron chi connectivity index (χ2n) is 4.75. The largest absolute Gasteiger partial charge is 0.479 e. The number of ether oxygens (including phenoxy) is 1. The standard InChI is InChI=1S/C11H18O3/c1-7(11(12)13)14-6-10-5-8-2-3-9(10)4-8/h7-10H,2-6H2,1H3,(H,12,13)/t7-,8?,9?,10?/m1/s1. The van der Waals surface area contributed by atoms with Gasteiger partial charge in [0, 0.05) is 0 Å². The molecule has 0 spiro atoms. The van der Waals surface area contributed by atoms with Crippen molar-refractivity contribution in [1.82, 2.24) is 0 Å². The van der Waals surface area contributed by atoms with E-state index in [1.165, 1.54) is 25.7 Å². The molecule has 0 radical (unpaired) electrons. The van der Waals surface area contributed by atoms with Crippen molar-refractivity contribution in [3.63, 3.8) is 0 Å². The summed E-state index contributed by atoms with van der Waals surface area (Å²) in [7, 11) is 0. The van der Waals surface area contributed by atoms with Crippen molar-refractivity contribution >= 4 is 5.97 Å². The number of carboxylic acids is 1. The highest BCUT2D eigenvalue weighted by Gasteiger charge is 2.39. The third kappa shape index (κ3) is 1.92. The molecule has 0 saturated heterocycles. The van der Waals surface area contributed by atoms with Crippen LogP contribution < -0.4 is 0 Å². The molecule has 14 heavy (non-hydrogen) atoms. The molecule has 2 fully saturated rings. The van der Waals surface area contributed by atoms with Crippen LogP contribution in [-0.2, 0) is 9.53 Å². The Hall–Kier alpha value is -0.570. The summed E-state index contributed by atoms with van der Waals surface area (Å²) >= 11 is 0. The van der Waals surface area contributed by atoms with Gasteiger partial charge in [0.05, 0.1) is 6.61 Å². The Balaban J connectivity index is 1.74. The molecule has 2 saturated carbocycles. The maximum absolute atomic E-state index is 10.5. The Morgan fingerprint density at radius 2 is 2.29 bits per heavy atom. The molecule has 2 rings (SSSR count). The lowest BCUT2D eigenvalue weighted by Crippen LogP contribution is -2.25. The number of aliphatic carboxylic acids is 1. The van der Waals surface area contributed by atoms with E-state index in [-0.39, 0.29) is 0 Å². The van der Waals surface area contributed by atoms with Crippen LogP contribution in [0.4, 0.5) is 0 Å². The van der Waals surface area contributed by atoms with Gasteiger partial charge in [-0.25, -0.2) is 4.79 Å². The highest BCUT2D eigenvalue weighted by Crippen LogP contribution is 2.48. The van der Waals surface area contributed by atoms with Crippen LogP contribution in [0, 0.1) is 17.8 Å². The fourth-order valence-corrected chi connectivity index (χ4v) is 2.92. The molecule has 3 nitrogen and oxygen atoms in total. The third-order valence-corrected chi connectivity index (χ3v) is 3.79. The smallest absolute Gasteiger partial charge is 0.332 e. The third-order valence-electron chi connectivity index (χ3n) is 3.79. The van der Waals surface area contributed by atoms with Gasteiger partial charge in [0.1, 0.15) is 0 Å². The fourth-order valence-electron chi connectivity index (χ4n) is 2.92. The average molecular weight is 198 g/mol. The number of carboxylic acid groups (broad SMARTS) is 1. The first-order valence-electron chi connectivity index (χ1n) is 5.51. The summed E-state index contributed by atoms with van der Waals surface area (Å²) in [5, 5.41) is 8.66. The maximum atomic E-state index is 10.5. The Bertz CT molecular complexity index is 227. The fraction of sp³-hybridized carbons (Fsp3) is 0.909. The van der Waals surface area contributed by atoms with E-state index in [9.17, 15) is 4.79 Å². The summed E-state index contributed by atoms with van der Waals surface area (Å²) in [6.07, 6.45) is 4.69. The van der Waals surface area contributed by atoms with Gasteiger partial charge in [-0.2, -0.15) is 0 Å². The summed E-state index contributed by atoms with van der Waals surface area (Å²) in [6.45, 7) is 2.25. The van der Waals surface area contributed by atoms with Crippen molar-refractivity contribution in [2.45, 2.75) is 38.7 Å². The predicted molar refractivity (Wildman–Crippen MR) is 52.0 cm³/mol. The van der Waals surface area contributed by atoms with E-state index in [1.807, 2.05) is 0 Å². The van der Waals surface area contributed by atoms with Crippen molar-refractivity contribution in [3.8, 4) is 0 Å². The normalized spacial score (nSPS) is 37.4. The lowest BCUT2D eigenvalue weighted by Gasteiger charge is -2.22. The molecule has 0 aromatic heterocycles. The van der Waals surface area contributed by atoms with Gasteiger partial charge in [-0.3, -0.25) is 0 Å². The number of rotatable bonds is 4. The van der Waals surface area contributed by atoms with E-state index >= 15 is 0 Å². The van der Waals surface area contributed by atoms with Gasteiger partial charge in [-0.05, 0) is 43.9 Å². The molecule has 2 aliphatic rings. The molecular weight excluding hydrogens is 180 g/mol. The van der Waals surface area contributed by atoms with Gasteiger partial charge in [0.15, 0.2) is 6.10 Å². The quantitative estimate of drug-likeness (QED) is 0.750. The van der Waals surface area contributed by atoms with Gasteiger partial charge >= 0.3 is 5.97 Å². The Morgan fingerprint density at radius 1 is 1.50 bits per heavy atom. The summed E-state index contributed by atoms with van der Waals surface area (Å²) in [5.74, 6) is 1.51. The van der Waals surface area contributed by atoms with E-state index in [1.54, 1.807) is 6.92 Å². The Morgan fingerprint density at radius 3 is 2.79 bits per heavy atom. The van der Waals surface area contributed by atoms with Gasteiger partial charge in [-0.15, -0.1) is 0 Å². The van der Waals surface area contributed by atoms with Crippen LogP contribution in [-0.4, -0.2) is 23.8 Å². The predicted octanol–water partition coefficient (Wildman–Crippen LogP) is 1.91. The first-order chi connectivity index (χ1) is 6.66. The summed E-state index contributed by atoms with van der Waals surface area (Å²) in [5.41, 5.74) is 0. The minimum absolute atomic E-state index is 0.635. The van der Waals surface area contributed by atoms with Crippen LogP contribution in [0.1, 0.15) is 32.6 Å². The second-order valence-corrected chi connectivity index (χ2v) is 4.75. The van der Waals surface area contributed by atoms with Crippen LogP contribution in [0.5, 0.6) is 0 Å². The molecule has 0 aliphatic heterocycles. The van der Waals surface area contributed by atoms with Crippen LogP contribution in [0.3, 0.4) is 0 Å². The van der Waals surface area contributed by atoms with E-state index in [0.29, 0.717) is 12.5 Å². The van der Waals surface area contributed by atoms with Crippen molar-refractivity contribution in [3.05, 3.63) is 0 Å². The molecule has 4 atom stereocenters. The topological polar surface area (TPSA) is 46.5 Å². The lowest BCUT2D eigenvalue weighted by molar-refractivity contribution is -0.150. The number of hydrogen-bond acceptors (Lipinski definition) is 2. The van der Waals surface area contributed by atoms with Crippen molar-refractivity contribution < 1.29 is 14.6 Å². The molecule has 1 N–H and O–H groups in total. The average Bonchev–Trinajstić information content (AvgIpc) is 2.74. The van der Waals surface area contributed by atoms with Gasteiger partial charge in [-0.1, -0.05) is 6.42 Å². The first-order valence-corrected chi connectivity index (χ1v) is 5.51. The van der Waals surface area contributed by atoms with E-state index in [4.69, 9.17) is 9.84 Å². The van der Waals surface area contributed by atoms with Gasteiger partial charge in [0.25, 0.3) is 0 Å². The Labute approximate surface area is 84.4 Å². The molecule has 2 bridgehead atoms. The minimum atomic E-state index is -0.854. The number of carbonyl (C=O) groups is 1. The molecule has 0 amide bonds. The van der Waals surface area contributed by atoms with Crippen LogP contribution in [0.15, 0.2) is 0 Å². The molecule has 2 aliphatic carbocycles. The van der Waals surface area contributed by atoms with E-state index in [0.717, 1.165) is 11.8 Å². The van der Waals surface area contributed by atoms with Crippen molar-refractivity contribution in [2.24, 2.45) is 17.8 Å². The zero-order chi connectivity index (χ0) is 10.1. The zero-order valence-electron chi connectivity index (χ0n) is 8.61. The van der Waals surface area contributed by atoms with Crippen LogP contribution in [0.2, 0.25) is 0 Å². The number of fused-ring (bicyclic) bond motifs is 2. The monoisotopic (exact) mass is 198 g/mol. The summed E-state index contributed by atoms with van der Waals surface area (Å²) < 4.78 is 5.34. The maximum Gasteiger partial charge on any atom is 0.332 e. The van der Waals surface area contributed by atoms with Crippen molar-refractivity contribution in [1.29, 1.82) is 0 Å². The van der Waals surface area contributed by atoms with E-state index < -0.39 is 12.1 Å². The molecule has 0 aromatic carbocycles. The summed E-state index contributed by atoms with van der Waals surface area (Å²) in [4.78, 5) is 10.5. The van der Waals surface area contributed by atoms with Gasteiger partial charge < -0.3 is 9.84 Å². The molecule has 0 heterocycles. The molecule has 3 heteroatoms. The summed E-state index contributed by atoms with van der Waals surface area (Å²) in [6, 6.07) is 0. The molecular formula is C11H18O3. The van der Waals surface area contributed by atoms with Crippen LogP contribution >= 0.6 is 0 Å². The van der Waals surface area contributed by atoms with Gasteiger partial charge in [0.2, 0.25) is 0 Å².